The Hall–Kier alpha value is -3.38. The predicted octanol–water partition coefficient (Wildman–Crippen LogP) is 6.26. The maximum absolute atomic E-state index is 6.35. The van der Waals surface area contributed by atoms with Gasteiger partial charge in [0.25, 0.3) is 5.78 Å². The zero-order valence-electron chi connectivity index (χ0n) is 19.5. The Kier molecular flexibility index (Phi) is 5.06. The minimum Gasteiger partial charge on any atom is -0.467 e. The molecule has 6 nitrogen and oxygen atoms in total. The van der Waals surface area contributed by atoms with Gasteiger partial charge >= 0.3 is 6.01 Å². The fourth-order valence-electron chi connectivity index (χ4n) is 4.84. The number of allylic oxidation sites excluding steroid dienone is 3. The number of halogens is 1. The normalized spacial score (nSPS) is 18.2. The fourth-order valence-corrected chi connectivity index (χ4v) is 5.01. The molecule has 0 radical (unpaired) electrons. The molecule has 0 aliphatic heterocycles. The minimum absolute atomic E-state index is 0.381. The molecule has 6 rings (SSSR count). The number of hydrogen-bond donors (Lipinski definition) is 0. The molecule has 4 aromatic rings. The number of anilines is 1. The van der Waals surface area contributed by atoms with Crippen LogP contribution in [0.15, 0.2) is 60.3 Å². The van der Waals surface area contributed by atoms with E-state index in [9.17, 15) is 0 Å². The zero-order valence-corrected chi connectivity index (χ0v) is 20.3. The number of nitrogens with zero attached hydrogens (tertiary/aromatic N) is 5. The summed E-state index contributed by atoms with van der Waals surface area (Å²) in [5.41, 5.74) is 6.07. The minimum atomic E-state index is 0.381. The van der Waals surface area contributed by atoms with Gasteiger partial charge in [0, 0.05) is 23.2 Å². The summed E-state index contributed by atoms with van der Waals surface area (Å²) in [4.78, 5) is 6.98. The van der Waals surface area contributed by atoms with Crippen LogP contribution in [0.5, 0.6) is 6.01 Å². The molecule has 0 N–H and O–H groups in total. The van der Waals surface area contributed by atoms with Crippen LogP contribution in [0.25, 0.3) is 22.3 Å². The molecule has 2 aromatic heterocycles. The second-order valence-corrected chi connectivity index (χ2v) is 9.68. The first kappa shape index (κ1) is 21.2. The average Bonchev–Trinajstić information content (AvgIpc) is 3.62. The summed E-state index contributed by atoms with van der Waals surface area (Å²) >= 11 is 6.35. The highest BCUT2D eigenvalue weighted by Crippen LogP contribution is 2.41. The van der Waals surface area contributed by atoms with Crippen molar-refractivity contribution in [2.45, 2.75) is 32.1 Å². The standard InChI is InChI=1S/C27H26ClN5O/c1-16-4-12-21(15-23(16)19-9-7-18(8-10-19)17-5-6-17)32(2)25-22-13-11-20(28)14-24(22)33-26(29-25)30-31-27(33)34-3/h7-17H,4-6H2,1-3H3. The van der Waals surface area contributed by atoms with Crippen LogP contribution >= 0.6 is 11.6 Å². The number of ether oxygens (including phenoxy) is 1. The third-order valence-corrected chi connectivity index (χ3v) is 7.19. The summed E-state index contributed by atoms with van der Waals surface area (Å²) in [6.07, 6.45) is 8.19. The van der Waals surface area contributed by atoms with E-state index in [1.165, 1.54) is 29.5 Å². The molecule has 172 valence electrons. The molecular formula is C27H26ClN5O. The molecule has 2 aromatic carbocycles. The van der Waals surface area contributed by atoms with E-state index in [0.29, 0.717) is 22.7 Å². The summed E-state index contributed by atoms with van der Waals surface area (Å²) in [6.45, 7) is 2.29. The van der Waals surface area contributed by atoms with Gasteiger partial charge in [-0.1, -0.05) is 54.0 Å². The van der Waals surface area contributed by atoms with Crippen LogP contribution in [-0.2, 0) is 0 Å². The van der Waals surface area contributed by atoms with Crippen molar-refractivity contribution < 1.29 is 4.74 Å². The fraction of sp³-hybridized carbons (Fsp3) is 0.296. The van der Waals surface area contributed by atoms with Crippen molar-refractivity contribution in [1.82, 2.24) is 19.6 Å². The maximum Gasteiger partial charge on any atom is 0.323 e. The Bertz CT molecular complexity index is 1470. The van der Waals surface area contributed by atoms with Gasteiger partial charge in [0.15, 0.2) is 0 Å². The molecule has 1 fully saturated rings. The van der Waals surface area contributed by atoms with Crippen molar-refractivity contribution in [2.24, 2.45) is 5.92 Å². The molecule has 2 heterocycles. The van der Waals surface area contributed by atoms with Crippen LogP contribution in [0.1, 0.15) is 43.2 Å². The topological polar surface area (TPSA) is 55.6 Å². The number of aromatic nitrogens is 4. The van der Waals surface area contributed by atoms with Crippen LogP contribution in [0.4, 0.5) is 5.82 Å². The van der Waals surface area contributed by atoms with Crippen molar-refractivity contribution in [3.05, 3.63) is 76.5 Å². The third kappa shape index (κ3) is 3.53. The van der Waals surface area contributed by atoms with Crippen molar-refractivity contribution in [2.75, 3.05) is 19.1 Å². The van der Waals surface area contributed by atoms with Crippen LogP contribution in [-0.4, -0.2) is 33.7 Å². The lowest BCUT2D eigenvalue weighted by atomic mass is 9.86. The largest absolute Gasteiger partial charge is 0.467 e. The van der Waals surface area contributed by atoms with Gasteiger partial charge in [-0.15, -0.1) is 5.10 Å². The lowest BCUT2D eigenvalue weighted by Gasteiger charge is -2.27. The van der Waals surface area contributed by atoms with Gasteiger partial charge in [0.2, 0.25) is 0 Å². The highest BCUT2D eigenvalue weighted by atomic mass is 35.5. The highest BCUT2D eigenvalue weighted by Gasteiger charge is 2.25. The Morgan fingerprint density at radius 1 is 1.09 bits per heavy atom. The van der Waals surface area contributed by atoms with E-state index in [1.807, 2.05) is 25.2 Å². The first-order valence-corrected chi connectivity index (χ1v) is 12.1. The molecule has 0 bridgehead atoms. The van der Waals surface area contributed by atoms with Gasteiger partial charge in [-0.2, -0.15) is 4.98 Å². The smallest absolute Gasteiger partial charge is 0.323 e. The number of likely N-dealkylation sites (N-methyl/N-ethyl adjacent to an activating group) is 1. The second kappa shape index (κ2) is 8.13. The van der Waals surface area contributed by atoms with E-state index in [-0.39, 0.29) is 0 Å². The number of hydrogen-bond acceptors (Lipinski definition) is 5. The molecular weight excluding hydrogens is 446 g/mol. The summed E-state index contributed by atoms with van der Waals surface area (Å²) in [7, 11) is 3.62. The van der Waals surface area contributed by atoms with Gasteiger partial charge in [-0.25, -0.2) is 4.40 Å². The summed E-state index contributed by atoms with van der Waals surface area (Å²) in [5.74, 6) is 2.50. The lowest BCUT2D eigenvalue weighted by molar-refractivity contribution is 0.377. The molecule has 0 saturated heterocycles. The summed E-state index contributed by atoms with van der Waals surface area (Å²) < 4.78 is 7.20. The molecule has 34 heavy (non-hydrogen) atoms. The Morgan fingerprint density at radius 2 is 1.88 bits per heavy atom. The van der Waals surface area contributed by atoms with Crippen molar-refractivity contribution in [1.29, 1.82) is 0 Å². The van der Waals surface area contributed by atoms with E-state index in [0.717, 1.165) is 34.8 Å². The summed E-state index contributed by atoms with van der Waals surface area (Å²) in [5, 5.41) is 9.94. The van der Waals surface area contributed by atoms with E-state index in [4.69, 9.17) is 21.3 Å². The van der Waals surface area contributed by atoms with Gasteiger partial charge in [0.05, 0.1) is 12.6 Å². The highest BCUT2D eigenvalue weighted by molar-refractivity contribution is 6.31. The van der Waals surface area contributed by atoms with Crippen LogP contribution in [0.2, 0.25) is 5.02 Å². The van der Waals surface area contributed by atoms with Crippen molar-refractivity contribution in [3.63, 3.8) is 0 Å². The zero-order chi connectivity index (χ0) is 23.4. The molecule has 7 heteroatoms. The molecule has 2 aliphatic rings. The van der Waals surface area contributed by atoms with Crippen molar-refractivity contribution >= 4 is 39.7 Å². The number of rotatable bonds is 5. The Labute approximate surface area is 203 Å². The van der Waals surface area contributed by atoms with Crippen LogP contribution in [0, 0.1) is 5.92 Å². The quantitative estimate of drug-likeness (QED) is 0.344. The van der Waals surface area contributed by atoms with Gasteiger partial charge in [-0.3, -0.25) is 0 Å². The first-order chi connectivity index (χ1) is 16.5. The molecule has 2 aliphatic carbocycles. The maximum atomic E-state index is 6.35. The van der Waals surface area contributed by atoms with Crippen LogP contribution in [0.3, 0.4) is 0 Å². The number of benzene rings is 2. The van der Waals surface area contributed by atoms with Gasteiger partial charge in [-0.05, 0) is 72.1 Å². The third-order valence-electron chi connectivity index (χ3n) is 6.96. The average molecular weight is 472 g/mol. The predicted molar refractivity (Wildman–Crippen MR) is 137 cm³/mol. The molecule has 1 atom stereocenters. The van der Waals surface area contributed by atoms with Crippen molar-refractivity contribution in [3.8, 4) is 6.01 Å². The Balaban J connectivity index is 1.43. The van der Waals surface area contributed by atoms with E-state index < -0.39 is 0 Å². The molecule has 0 amide bonds. The summed E-state index contributed by atoms with van der Waals surface area (Å²) in [6, 6.07) is 15.3. The SMILES string of the molecule is COc1nnc2nc(N(C)C3=CCC(C)C(c4ccc(C5CC5)cc4)=C3)c3ccc(Cl)cc3n12. The van der Waals surface area contributed by atoms with E-state index >= 15 is 0 Å². The lowest BCUT2D eigenvalue weighted by Crippen LogP contribution is -2.20. The second-order valence-electron chi connectivity index (χ2n) is 9.24. The van der Waals surface area contributed by atoms with Gasteiger partial charge in [0.1, 0.15) is 5.82 Å². The number of fused-ring (bicyclic) bond motifs is 3. The monoisotopic (exact) mass is 471 g/mol. The molecule has 1 saturated carbocycles. The van der Waals surface area contributed by atoms with E-state index in [1.54, 1.807) is 11.5 Å². The molecule has 1 unspecified atom stereocenters. The van der Waals surface area contributed by atoms with E-state index in [2.05, 4.69) is 58.4 Å². The Morgan fingerprint density at radius 3 is 2.62 bits per heavy atom. The first-order valence-electron chi connectivity index (χ1n) is 11.7. The van der Waals surface area contributed by atoms with Crippen LogP contribution < -0.4 is 9.64 Å². The molecule has 0 spiro atoms. The number of methoxy groups -OCH3 is 1. The van der Waals surface area contributed by atoms with Gasteiger partial charge < -0.3 is 9.64 Å².